The van der Waals surface area contributed by atoms with Gasteiger partial charge in [0, 0.05) is 5.56 Å². The summed E-state index contributed by atoms with van der Waals surface area (Å²) < 4.78 is 14.2. The quantitative estimate of drug-likeness (QED) is 0.509. The Labute approximate surface area is 138 Å². The van der Waals surface area contributed by atoms with Crippen LogP contribution in [0.3, 0.4) is 0 Å². The number of aromatic nitrogens is 1. The molecule has 0 unspecified atom stereocenters. The van der Waals surface area contributed by atoms with E-state index in [1.165, 1.54) is 17.6 Å². The highest BCUT2D eigenvalue weighted by Crippen LogP contribution is 2.32. The minimum Gasteiger partial charge on any atom is -0.236 e. The number of thiazole rings is 1. The number of benzene rings is 3. The van der Waals surface area contributed by atoms with Crippen molar-refractivity contribution in [2.24, 2.45) is 0 Å². The van der Waals surface area contributed by atoms with E-state index in [4.69, 9.17) is 4.98 Å². The lowest BCUT2D eigenvalue weighted by atomic mass is 9.95. The molecule has 0 amide bonds. The Balaban J connectivity index is 1.77. The van der Waals surface area contributed by atoms with Crippen LogP contribution in [0, 0.1) is 5.82 Å². The van der Waals surface area contributed by atoms with E-state index in [1.54, 1.807) is 23.5 Å². The van der Waals surface area contributed by atoms with E-state index in [2.05, 4.69) is 50.3 Å². The fourth-order valence-corrected chi connectivity index (χ4v) is 3.52. The number of fused-ring (bicyclic) bond motifs is 1. The minimum absolute atomic E-state index is 0.217. The molecule has 0 fully saturated rings. The van der Waals surface area contributed by atoms with E-state index < -0.39 is 0 Å². The summed E-state index contributed by atoms with van der Waals surface area (Å²) in [4.78, 5) is 4.76. The molecule has 0 bridgehead atoms. The fraction of sp³-hybridized carbons (Fsp3) is 0. The van der Waals surface area contributed by atoms with Crippen LogP contribution in [-0.4, -0.2) is 12.8 Å². The molecule has 4 rings (SSSR count). The topological polar surface area (TPSA) is 12.9 Å². The second kappa shape index (κ2) is 5.63. The molecule has 1 nitrogen and oxygen atoms in total. The van der Waals surface area contributed by atoms with Gasteiger partial charge in [0.05, 0.1) is 10.2 Å². The molecule has 0 saturated heterocycles. The van der Waals surface area contributed by atoms with E-state index >= 15 is 0 Å². The molecular weight excluding hydrogens is 304 g/mol. The molecule has 0 spiro atoms. The van der Waals surface area contributed by atoms with Crippen molar-refractivity contribution in [1.82, 2.24) is 4.98 Å². The predicted molar refractivity (Wildman–Crippen MR) is 98.6 cm³/mol. The molecule has 23 heavy (non-hydrogen) atoms. The van der Waals surface area contributed by atoms with Crippen LogP contribution in [0.25, 0.3) is 31.9 Å². The molecule has 0 saturated carbocycles. The van der Waals surface area contributed by atoms with Gasteiger partial charge in [-0.25, -0.2) is 9.37 Å². The van der Waals surface area contributed by atoms with Crippen LogP contribution in [0.15, 0.2) is 66.7 Å². The monoisotopic (exact) mass is 317 g/mol. The van der Waals surface area contributed by atoms with E-state index in [1.807, 2.05) is 0 Å². The lowest BCUT2D eigenvalue weighted by molar-refractivity contribution is 0.628. The molecular formula is C19H13BFNS. The van der Waals surface area contributed by atoms with Crippen molar-refractivity contribution >= 4 is 34.9 Å². The number of hydrogen-bond acceptors (Lipinski definition) is 2. The average molecular weight is 317 g/mol. The molecule has 1 aromatic heterocycles. The van der Waals surface area contributed by atoms with Gasteiger partial charge in [0.15, 0.2) is 0 Å². The fourth-order valence-electron chi connectivity index (χ4n) is 2.57. The van der Waals surface area contributed by atoms with Crippen molar-refractivity contribution in [3.63, 3.8) is 0 Å². The maximum Gasteiger partial charge on any atom is 0.139 e. The summed E-state index contributed by atoms with van der Waals surface area (Å²) in [6, 6.07) is 21.2. The number of halogens is 1. The van der Waals surface area contributed by atoms with Gasteiger partial charge in [-0.1, -0.05) is 47.9 Å². The molecule has 1 heterocycles. The van der Waals surface area contributed by atoms with Crippen molar-refractivity contribution in [3.05, 3.63) is 72.5 Å². The van der Waals surface area contributed by atoms with Gasteiger partial charge in [-0.2, -0.15) is 0 Å². The molecule has 0 atom stereocenters. The molecule has 0 aliphatic rings. The highest BCUT2D eigenvalue weighted by atomic mass is 32.1. The van der Waals surface area contributed by atoms with Crippen LogP contribution in [0.4, 0.5) is 4.39 Å². The lowest BCUT2D eigenvalue weighted by Crippen LogP contribution is -1.98. The largest absolute Gasteiger partial charge is 0.236 e. The smallest absolute Gasteiger partial charge is 0.139 e. The second-order valence-electron chi connectivity index (χ2n) is 5.57. The van der Waals surface area contributed by atoms with Gasteiger partial charge in [0.1, 0.15) is 18.7 Å². The number of rotatable bonds is 2. The van der Waals surface area contributed by atoms with Crippen LogP contribution in [0.5, 0.6) is 0 Å². The number of hydrogen-bond donors (Lipinski definition) is 0. The highest BCUT2D eigenvalue weighted by Gasteiger charge is 2.08. The zero-order valence-electron chi connectivity index (χ0n) is 12.6. The second-order valence-corrected chi connectivity index (χ2v) is 6.61. The summed E-state index contributed by atoms with van der Waals surface area (Å²) in [6.07, 6.45) is 0. The van der Waals surface area contributed by atoms with Gasteiger partial charge < -0.3 is 0 Å². The Morgan fingerprint density at radius 2 is 1.43 bits per heavy atom. The molecule has 0 N–H and O–H groups in total. The number of nitrogens with zero attached hydrogens (tertiary/aromatic N) is 1. The Morgan fingerprint density at radius 3 is 2.17 bits per heavy atom. The summed E-state index contributed by atoms with van der Waals surface area (Å²) in [7, 11) is 2.08. The first-order valence-electron chi connectivity index (χ1n) is 7.43. The van der Waals surface area contributed by atoms with Crippen molar-refractivity contribution < 1.29 is 4.39 Å². The van der Waals surface area contributed by atoms with E-state index in [9.17, 15) is 4.39 Å². The summed E-state index contributed by atoms with van der Waals surface area (Å²) in [5.41, 5.74) is 5.41. The Kier molecular flexibility index (Phi) is 3.47. The average Bonchev–Trinajstić information content (AvgIpc) is 2.99. The SMILES string of the molecule is Bc1ccc(-c2nc3cc(-c4ccc(F)cc4)ccc3s2)cc1. The van der Waals surface area contributed by atoms with Gasteiger partial charge in [0.2, 0.25) is 0 Å². The van der Waals surface area contributed by atoms with Crippen molar-refractivity contribution in [2.75, 3.05) is 0 Å². The maximum atomic E-state index is 13.1. The summed E-state index contributed by atoms with van der Waals surface area (Å²) >= 11 is 1.69. The lowest BCUT2D eigenvalue weighted by Gasteiger charge is -2.01. The third kappa shape index (κ3) is 2.78. The molecule has 4 heteroatoms. The molecule has 4 aromatic rings. The zero-order valence-corrected chi connectivity index (χ0v) is 13.4. The van der Waals surface area contributed by atoms with Gasteiger partial charge in [-0.3, -0.25) is 0 Å². The van der Waals surface area contributed by atoms with Gasteiger partial charge >= 0.3 is 0 Å². The van der Waals surface area contributed by atoms with Crippen LogP contribution >= 0.6 is 11.3 Å². The van der Waals surface area contributed by atoms with Crippen molar-refractivity contribution in [2.45, 2.75) is 0 Å². The van der Waals surface area contributed by atoms with Crippen LogP contribution in [0.2, 0.25) is 0 Å². The minimum atomic E-state index is -0.217. The standard InChI is InChI=1S/C19H13BFNS/c20-15-6-1-13(2-7-15)19-22-17-11-14(5-10-18(17)23-19)12-3-8-16(21)9-4-12/h1-11H,20H2. The highest BCUT2D eigenvalue weighted by molar-refractivity contribution is 7.21. The first-order chi connectivity index (χ1) is 11.2. The predicted octanol–water partition coefficient (Wildman–Crippen LogP) is 4.03. The van der Waals surface area contributed by atoms with Gasteiger partial charge in [0.25, 0.3) is 0 Å². The summed E-state index contributed by atoms with van der Waals surface area (Å²) in [6.45, 7) is 0. The third-order valence-corrected chi connectivity index (χ3v) is 4.95. The molecule has 0 aliphatic carbocycles. The Hall–Kier alpha value is -2.46. The van der Waals surface area contributed by atoms with E-state index in [-0.39, 0.29) is 5.82 Å². The van der Waals surface area contributed by atoms with Crippen molar-refractivity contribution in [3.8, 4) is 21.7 Å². The van der Waals surface area contributed by atoms with E-state index in [0.717, 1.165) is 31.9 Å². The van der Waals surface area contributed by atoms with Gasteiger partial charge in [-0.15, -0.1) is 11.3 Å². The zero-order chi connectivity index (χ0) is 15.8. The van der Waals surface area contributed by atoms with Crippen LogP contribution in [-0.2, 0) is 0 Å². The first-order valence-corrected chi connectivity index (χ1v) is 8.24. The van der Waals surface area contributed by atoms with E-state index in [0.29, 0.717) is 0 Å². The molecule has 0 aliphatic heterocycles. The Morgan fingerprint density at radius 1 is 0.783 bits per heavy atom. The first kappa shape index (κ1) is 14.2. The Bertz CT molecular complexity index is 931. The summed E-state index contributed by atoms with van der Waals surface area (Å²) in [5, 5.41) is 1.02. The third-order valence-electron chi connectivity index (χ3n) is 3.86. The molecule has 110 valence electrons. The van der Waals surface area contributed by atoms with Crippen molar-refractivity contribution in [1.29, 1.82) is 0 Å². The van der Waals surface area contributed by atoms with Crippen LogP contribution < -0.4 is 5.46 Å². The van der Waals surface area contributed by atoms with Crippen LogP contribution in [0.1, 0.15) is 0 Å². The normalized spacial score (nSPS) is 11.0. The summed E-state index contributed by atoms with van der Waals surface area (Å²) in [5.74, 6) is -0.217. The van der Waals surface area contributed by atoms with Gasteiger partial charge in [-0.05, 0) is 35.4 Å². The molecule has 0 radical (unpaired) electrons. The maximum absolute atomic E-state index is 13.1. The molecule has 3 aromatic carbocycles.